The van der Waals surface area contributed by atoms with E-state index in [1.54, 1.807) is 36.4 Å². The van der Waals surface area contributed by atoms with Crippen LogP contribution in [0.5, 0.6) is 0 Å². The summed E-state index contributed by atoms with van der Waals surface area (Å²) in [4.78, 5) is 40.3. The van der Waals surface area contributed by atoms with Gasteiger partial charge in [-0.25, -0.2) is 14.4 Å². The molecular weight excluding hydrogens is 456 g/mol. The number of ether oxygens (including phenoxy) is 3. The monoisotopic (exact) mass is 480 g/mol. The van der Waals surface area contributed by atoms with Gasteiger partial charge in [-0.3, -0.25) is 0 Å². The molecule has 0 aliphatic rings. The Labute approximate surface area is 209 Å². The van der Waals surface area contributed by atoms with Crippen LogP contribution >= 0.6 is 0 Å². The highest BCUT2D eigenvalue weighted by Gasteiger charge is 2.36. The minimum Gasteiger partial charge on any atom is -0.465 e. The van der Waals surface area contributed by atoms with E-state index in [-0.39, 0.29) is 22.3 Å². The van der Waals surface area contributed by atoms with Crippen molar-refractivity contribution in [1.82, 2.24) is 0 Å². The van der Waals surface area contributed by atoms with E-state index in [1.165, 1.54) is 21.3 Å². The molecule has 0 saturated heterocycles. The third-order valence-electron chi connectivity index (χ3n) is 5.86. The van der Waals surface area contributed by atoms with Crippen LogP contribution in [0.1, 0.15) is 31.1 Å². The van der Waals surface area contributed by atoms with Crippen LogP contribution in [0.4, 0.5) is 0 Å². The van der Waals surface area contributed by atoms with E-state index in [2.05, 4.69) is 0 Å². The molecule has 36 heavy (non-hydrogen) atoms. The Balaban J connectivity index is 2.38. The van der Waals surface area contributed by atoms with Crippen molar-refractivity contribution in [2.75, 3.05) is 21.3 Å². The van der Waals surface area contributed by atoms with Gasteiger partial charge < -0.3 is 14.2 Å². The maximum absolute atomic E-state index is 13.5. The fraction of sp³-hybridized carbons (Fsp3) is 0.100. The predicted octanol–water partition coefficient (Wildman–Crippen LogP) is 6.05. The molecule has 4 aromatic carbocycles. The first-order valence-electron chi connectivity index (χ1n) is 11.2. The molecule has 0 heterocycles. The Morgan fingerprint density at radius 1 is 0.417 bits per heavy atom. The van der Waals surface area contributed by atoms with E-state index in [9.17, 15) is 14.4 Å². The average molecular weight is 481 g/mol. The summed E-state index contributed by atoms with van der Waals surface area (Å²) in [5.74, 6) is -2.18. The quantitative estimate of drug-likeness (QED) is 0.247. The normalized spacial score (nSPS) is 10.4. The van der Waals surface area contributed by atoms with Crippen molar-refractivity contribution >= 4 is 17.9 Å². The van der Waals surface area contributed by atoms with Gasteiger partial charge in [0.15, 0.2) is 0 Å². The van der Waals surface area contributed by atoms with Crippen LogP contribution in [-0.2, 0) is 14.2 Å². The van der Waals surface area contributed by atoms with Crippen LogP contribution in [0.15, 0.2) is 91.0 Å². The minimum atomic E-state index is -0.781. The molecule has 0 saturated carbocycles. The molecule has 0 aliphatic heterocycles. The topological polar surface area (TPSA) is 78.9 Å². The average Bonchev–Trinajstić information content (AvgIpc) is 2.95. The van der Waals surface area contributed by atoms with E-state index in [0.29, 0.717) is 27.8 Å². The van der Waals surface area contributed by atoms with Crippen molar-refractivity contribution in [1.29, 1.82) is 0 Å². The first-order chi connectivity index (χ1) is 17.5. The number of carbonyl (C=O) groups is 3. The van der Waals surface area contributed by atoms with Crippen LogP contribution < -0.4 is 0 Å². The Morgan fingerprint density at radius 3 is 1.06 bits per heavy atom. The molecule has 0 unspecified atom stereocenters. The highest BCUT2D eigenvalue weighted by molar-refractivity contribution is 6.20. The molecule has 6 heteroatoms. The summed E-state index contributed by atoms with van der Waals surface area (Å²) in [6.45, 7) is 0. The van der Waals surface area contributed by atoms with Crippen LogP contribution in [-0.4, -0.2) is 39.2 Å². The number of esters is 3. The van der Waals surface area contributed by atoms with E-state index in [1.807, 2.05) is 54.6 Å². The molecule has 4 rings (SSSR count). The number of hydrogen-bond acceptors (Lipinski definition) is 6. The first kappa shape index (κ1) is 24.4. The Kier molecular flexibility index (Phi) is 7.25. The van der Waals surface area contributed by atoms with Crippen LogP contribution in [0, 0.1) is 0 Å². The maximum atomic E-state index is 13.5. The Hall–Kier alpha value is -4.71. The number of rotatable bonds is 6. The predicted molar refractivity (Wildman–Crippen MR) is 137 cm³/mol. The van der Waals surface area contributed by atoms with Gasteiger partial charge in [-0.15, -0.1) is 0 Å². The van der Waals surface area contributed by atoms with Crippen LogP contribution in [0.2, 0.25) is 0 Å². The van der Waals surface area contributed by atoms with E-state index in [0.717, 1.165) is 0 Å². The molecule has 0 fully saturated rings. The van der Waals surface area contributed by atoms with Gasteiger partial charge in [0.2, 0.25) is 0 Å². The number of methoxy groups -OCH3 is 3. The molecule has 180 valence electrons. The molecule has 0 aliphatic carbocycles. The second-order valence-corrected chi connectivity index (χ2v) is 7.82. The summed E-state index contributed by atoms with van der Waals surface area (Å²) in [5.41, 5.74) is 2.93. The third-order valence-corrected chi connectivity index (χ3v) is 5.86. The fourth-order valence-electron chi connectivity index (χ4n) is 4.35. The Bertz CT molecular complexity index is 1410. The van der Waals surface area contributed by atoms with E-state index < -0.39 is 17.9 Å². The molecule has 6 nitrogen and oxygen atoms in total. The molecule has 0 spiro atoms. The second kappa shape index (κ2) is 10.7. The summed E-state index contributed by atoms with van der Waals surface area (Å²) in [6.07, 6.45) is 0. The van der Waals surface area contributed by atoms with E-state index in [4.69, 9.17) is 14.2 Å². The smallest absolute Gasteiger partial charge is 0.339 e. The molecule has 0 atom stereocenters. The maximum Gasteiger partial charge on any atom is 0.339 e. The summed E-state index contributed by atoms with van der Waals surface area (Å²) in [7, 11) is 3.75. The zero-order valence-electron chi connectivity index (χ0n) is 20.1. The van der Waals surface area contributed by atoms with Gasteiger partial charge >= 0.3 is 17.9 Å². The van der Waals surface area contributed by atoms with Gasteiger partial charge in [0.25, 0.3) is 0 Å². The number of hydrogen-bond donors (Lipinski definition) is 0. The second-order valence-electron chi connectivity index (χ2n) is 7.82. The molecular formula is C30H24O6. The lowest BCUT2D eigenvalue weighted by molar-refractivity contribution is 0.0554. The van der Waals surface area contributed by atoms with Crippen molar-refractivity contribution in [2.24, 2.45) is 0 Å². The van der Waals surface area contributed by atoms with Gasteiger partial charge in [-0.1, -0.05) is 91.0 Å². The van der Waals surface area contributed by atoms with Gasteiger partial charge in [-0.2, -0.15) is 0 Å². The van der Waals surface area contributed by atoms with Crippen molar-refractivity contribution < 1.29 is 28.6 Å². The van der Waals surface area contributed by atoms with Crippen molar-refractivity contribution in [3.05, 3.63) is 108 Å². The molecule has 0 radical (unpaired) electrons. The van der Waals surface area contributed by atoms with Crippen LogP contribution in [0.25, 0.3) is 33.4 Å². The van der Waals surface area contributed by atoms with Crippen molar-refractivity contribution in [3.63, 3.8) is 0 Å². The minimum absolute atomic E-state index is 0.000842. The van der Waals surface area contributed by atoms with Gasteiger partial charge in [0.1, 0.15) is 0 Å². The van der Waals surface area contributed by atoms with Gasteiger partial charge in [0, 0.05) is 16.7 Å². The number of benzene rings is 4. The highest BCUT2D eigenvalue weighted by atomic mass is 16.5. The zero-order valence-corrected chi connectivity index (χ0v) is 20.1. The molecule has 0 aromatic heterocycles. The summed E-state index contributed by atoms with van der Waals surface area (Å²) in [6, 6.07) is 27.1. The lowest BCUT2D eigenvalue weighted by Gasteiger charge is -2.24. The summed E-state index contributed by atoms with van der Waals surface area (Å²) >= 11 is 0. The van der Waals surface area contributed by atoms with Crippen molar-refractivity contribution in [3.8, 4) is 33.4 Å². The van der Waals surface area contributed by atoms with Crippen LogP contribution in [0.3, 0.4) is 0 Å². The largest absolute Gasteiger partial charge is 0.465 e. The molecule has 0 bridgehead atoms. The van der Waals surface area contributed by atoms with Gasteiger partial charge in [0.05, 0.1) is 38.0 Å². The van der Waals surface area contributed by atoms with E-state index >= 15 is 0 Å². The van der Waals surface area contributed by atoms with Crippen molar-refractivity contribution in [2.45, 2.75) is 0 Å². The first-order valence-corrected chi connectivity index (χ1v) is 11.2. The summed E-state index contributed by atoms with van der Waals surface area (Å²) in [5, 5.41) is 0. The SMILES string of the molecule is COC(=O)c1c(C(=O)OC)c(-c2ccccc2)c(-c2ccccc2)c(C(=O)OC)c1-c1ccccc1. The highest BCUT2D eigenvalue weighted by Crippen LogP contribution is 2.46. The third kappa shape index (κ3) is 4.36. The molecule has 0 amide bonds. The lowest BCUT2D eigenvalue weighted by atomic mass is 9.79. The van der Waals surface area contributed by atoms with Gasteiger partial charge in [-0.05, 0) is 16.7 Å². The lowest BCUT2D eigenvalue weighted by Crippen LogP contribution is -2.20. The Morgan fingerprint density at radius 2 is 0.694 bits per heavy atom. The standard InChI is InChI=1S/C30H24O6/c1-34-28(31)25-22(19-13-7-4-8-14-19)23(20-15-9-5-10-16-20)26(29(32)35-2)27(30(33)36-3)24(25)21-17-11-6-12-18-21/h4-18H,1-3H3. The fourth-order valence-corrected chi connectivity index (χ4v) is 4.35. The molecule has 0 N–H and O–H groups in total. The molecule has 4 aromatic rings. The number of carbonyl (C=O) groups excluding carboxylic acids is 3. The zero-order chi connectivity index (χ0) is 25.7. The summed E-state index contributed by atoms with van der Waals surface area (Å²) < 4.78 is 15.6.